The molecule has 9 heteroatoms. The summed E-state index contributed by atoms with van der Waals surface area (Å²) in [6.07, 6.45) is 0. The summed E-state index contributed by atoms with van der Waals surface area (Å²) in [5.41, 5.74) is 9.28. The zero-order valence-electron chi connectivity index (χ0n) is 7.22. The molecule has 0 radical (unpaired) electrons. The quantitative estimate of drug-likeness (QED) is 0.361. The normalized spacial score (nSPS) is 9.33. The summed E-state index contributed by atoms with van der Waals surface area (Å²) in [7, 11) is 0. The lowest BCUT2D eigenvalue weighted by Gasteiger charge is -2.02. The Morgan fingerprint density at radius 2 is 2.20 bits per heavy atom. The number of nitro groups is 1. The van der Waals surface area contributed by atoms with Crippen molar-refractivity contribution in [2.45, 2.75) is 0 Å². The van der Waals surface area contributed by atoms with Crippen molar-refractivity contribution in [1.29, 1.82) is 0 Å². The summed E-state index contributed by atoms with van der Waals surface area (Å²) in [4.78, 5) is 20.7. The molecular weight excluding hydrogens is 224 g/mol. The molecule has 1 aromatic rings. The predicted molar refractivity (Wildman–Crippen MR) is 52.7 cm³/mol. The third-order valence-corrected chi connectivity index (χ3v) is 1.40. The first-order valence-electron chi connectivity index (χ1n) is 3.60. The highest BCUT2D eigenvalue weighted by atomic mass is 32.1. The Hall–Kier alpha value is -2.16. The van der Waals surface area contributed by atoms with Gasteiger partial charge in [-0.3, -0.25) is 25.8 Å². The number of nitrogens with two attached hydrogens (primary N) is 1. The molecule has 1 amide bonds. The van der Waals surface area contributed by atoms with Crippen LogP contribution in [0.2, 0.25) is 0 Å². The van der Waals surface area contributed by atoms with Gasteiger partial charge in [-0.1, -0.05) is 0 Å². The fourth-order valence-corrected chi connectivity index (χ4v) is 0.779. The van der Waals surface area contributed by atoms with Crippen LogP contribution < -0.4 is 16.6 Å². The molecule has 0 atom stereocenters. The van der Waals surface area contributed by atoms with Crippen LogP contribution >= 0.6 is 12.2 Å². The van der Waals surface area contributed by atoms with Crippen molar-refractivity contribution < 1.29 is 14.1 Å². The van der Waals surface area contributed by atoms with Crippen LogP contribution in [0.5, 0.6) is 0 Å². The molecule has 0 aliphatic rings. The maximum absolute atomic E-state index is 11.2. The van der Waals surface area contributed by atoms with E-state index < -0.39 is 16.7 Å². The van der Waals surface area contributed by atoms with Crippen molar-refractivity contribution in [2.24, 2.45) is 5.73 Å². The summed E-state index contributed by atoms with van der Waals surface area (Å²) in [6, 6.07) is 2.23. The summed E-state index contributed by atoms with van der Waals surface area (Å²) < 4.78 is 4.60. The number of amides is 1. The molecule has 8 nitrogen and oxygen atoms in total. The van der Waals surface area contributed by atoms with Crippen molar-refractivity contribution in [3.8, 4) is 0 Å². The van der Waals surface area contributed by atoms with Gasteiger partial charge in [-0.2, -0.15) is 0 Å². The van der Waals surface area contributed by atoms with Crippen LogP contribution in [-0.4, -0.2) is 15.9 Å². The van der Waals surface area contributed by atoms with Gasteiger partial charge in [0, 0.05) is 0 Å². The van der Waals surface area contributed by atoms with E-state index in [4.69, 9.17) is 5.73 Å². The van der Waals surface area contributed by atoms with E-state index in [1.807, 2.05) is 0 Å². The van der Waals surface area contributed by atoms with Gasteiger partial charge in [0.2, 0.25) is 5.76 Å². The second-order valence-corrected chi connectivity index (χ2v) is 2.78. The van der Waals surface area contributed by atoms with Gasteiger partial charge in [-0.05, 0) is 18.3 Å². The van der Waals surface area contributed by atoms with Crippen LogP contribution in [0.25, 0.3) is 0 Å². The number of thiocarbonyl (C=S) groups is 1. The first-order chi connectivity index (χ1) is 7.00. The number of carbonyl (C=O) groups is 1. The average molecular weight is 230 g/mol. The fourth-order valence-electron chi connectivity index (χ4n) is 0.728. The van der Waals surface area contributed by atoms with Crippen LogP contribution in [0.3, 0.4) is 0 Å². The van der Waals surface area contributed by atoms with E-state index in [2.05, 4.69) is 27.5 Å². The van der Waals surface area contributed by atoms with Crippen LogP contribution in [-0.2, 0) is 0 Å². The van der Waals surface area contributed by atoms with E-state index in [0.29, 0.717) is 0 Å². The van der Waals surface area contributed by atoms with E-state index in [9.17, 15) is 14.9 Å². The van der Waals surface area contributed by atoms with Gasteiger partial charge in [-0.15, -0.1) is 0 Å². The molecule has 0 saturated heterocycles. The van der Waals surface area contributed by atoms with E-state index in [1.54, 1.807) is 0 Å². The number of hydrogen-bond donors (Lipinski definition) is 3. The number of hydrazine groups is 1. The van der Waals surface area contributed by atoms with Crippen molar-refractivity contribution in [3.63, 3.8) is 0 Å². The van der Waals surface area contributed by atoms with Gasteiger partial charge in [0.1, 0.15) is 4.92 Å². The van der Waals surface area contributed by atoms with E-state index in [0.717, 1.165) is 12.1 Å². The van der Waals surface area contributed by atoms with Gasteiger partial charge in [0.15, 0.2) is 5.11 Å². The predicted octanol–water partition coefficient (Wildman–Crippen LogP) is -0.334. The highest BCUT2D eigenvalue weighted by Gasteiger charge is 2.16. The highest BCUT2D eigenvalue weighted by Crippen LogP contribution is 2.14. The second kappa shape index (κ2) is 4.37. The molecule has 1 rings (SSSR count). The third-order valence-electron chi connectivity index (χ3n) is 1.29. The molecule has 4 N–H and O–H groups in total. The molecule has 0 aliphatic heterocycles. The molecule has 80 valence electrons. The van der Waals surface area contributed by atoms with Crippen LogP contribution in [0.4, 0.5) is 5.88 Å². The van der Waals surface area contributed by atoms with Crippen molar-refractivity contribution in [2.75, 3.05) is 0 Å². The maximum atomic E-state index is 11.2. The van der Waals surface area contributed by atoms with Gasteiger partial charge >= 0.3 is 11.8 Å². The fraction of sp³-hybridized carbons (Fsp3) is 0. The highest BCUT2D eigenvalue weighted by molar-refractivity contribution is 7.80. The molecule has 0 spiro atoms. The molecule has 1 heterocycles. The molecule has 0 unspecified atom stereocenters. The molecule has 0 saturated carbocycles. The Balaban J connectivity index is 2.66. The average Bonchev–Trinajstić information content (AvgIpc) is 2.62. The summed E-state index contributed by atoms with van der Waals surface area (Å²) >= 11 is 4.42. The van der Waals surface area contributed by atoms with E-state index in [1.165, 1.54) is 0 Å². The van der Waals surface area contributed by atoms with Crippen LogP contribution in [0.15, 0.2) is 16.5 Å². The lowest BCUT2D eigenvalue weighted by molar-refractivity contribution is -0.402. The number of rotatable bonds is 2. The standard InChI is InChI=1S/C6H6N4O4S/c7-6(15)9-8-5(11)3-1-2-4(14-3)10(12)13/h1-2H,(H,8,11)(H3,7,9,15). The molecular formula is C6H6N4O4S. The number of carbonyl (C=O) groups excluding carboxylic acids is 1. The lowest BCUT2D eigenvalue weighted by atomic mass is 10.4. The zero-order valence-corrected chi connectivity index (χ0v) is 8.04. The van der Waals surface area contributed by atoms with Crippen LogP contribution in [0, 0.1) is 10.1 Å². The maximum Gasteiger partial charge on any atom is 0.433 e. The minimum Gasteiger partial charge on any atom is -0.395 e. The molecule has 1 aromatic heterocycles. The Labute approximate surface area is 88.5 Å². The van der Waals surface area contributed by atoms with Crippen molar-refractivity contribution in [1.82, 2.24) is 10.9 Å². The van der Waals surface area contributed by atoms with E-state index in [-0.39, 0.29) is 10.9 Å². The van der Waals surface area contributed by atoms with Crippen LogP contribution in [0.1, 0.15) is 10.6 Å². The van der Waals surface area contributed by atoms with Gasteiger partial charge in [-0.25, -0.2) is 0 Å². The summed E-state index contributed by atoms with van der Waals surface area (Å²) in [5.74, 6) is -1.45. The number of nitrogens with one attached hydrogen (secondary N) is 2. The smallest absolute Gasteiger partial charge is 0.395 e. The second-order valence-electron chi connectivity index (χ2n) is 2.34. The molecule has 0 fully saturated rings. The number of furan rings is 1. The first kappa shape index (κ1) is 10.9. The Morgan fingerprint density at radius 3 is 2.67 bits per heavy atom. The summed E-state index contributed by atoms with van der Waals surface area (Å²) in [6.45, 7) is 0. The lowest BCUT2D eigenvalue weighted by Crippen LogP contribution is -2.44. The molecule has 0 aromatic carbocycles. The van der Waals surface area contributed by atoms with E-state index >= 15 is 0 Å². The Kier molecular flexibility index (Phi) is 3.18. The van der Waals surface area contributed by atoms with Crippen molar-refractivity contribution in [3.05, 3.63) is 28.0 Å². The topological polar surface area (TPSA) is 123 Å². The van der Waals surface area contributed by atoms with Gasteiger partial charge < -0.3 is 10.2 Å². The minimum absolute atomic E-state index is 0.135. The molecule has 0 aliphatic carbocycles. The van der Waals surface area contributed by atoms with Crippen molar-refractivity contribution >= 4 is 29.1 Å². The zero-order chi connectivity index (χ0) is 11.4. The first-order valence-corrected chi connectivity index (χ1v) is 4.01. The largest absolute Gasteiger partial charge is 0.433 e. The minimum atomic E-state index is -0.752. The third kappa shape index (κ3) is 2.91. The molecule has 0 bridgehead atoms. The Morgan fingerprint density at radius 1 is 1.53 bits per heavy atom. The summed E-state index contributed by atoms with van der Waals surface area (Å²) in [5, 5.41) is 10.1. The number of nitrogens with zero attached hydrogens (tertiary/aromatic N) is 1. The number of hydrogen-bond acceptors (Lipinski definition) is 5. The molecule has 15 heavy (non-hydrogen) atoms. The monoisotopic (exact) mass is 230 g/mol. The SMILES string of the molecule is NC(=S)NNC(=O)c1ccc([N+](=O)[O-])o1. The Bertz CT molecular complexity index is 415. The van der Waals surface area contributed by atoms with Gasteiger partial charge in [0.25, 0.3) is 0 Å². The van der Waals surface area contributed by atoms with Gasteiger partial charge in [0.05, 0.1) is 6.07 Å².